The quantitative estimate of drug-likeness (QED) is 0.657. The van der Waals surface area contributed by atoms with Crippen molar-refractivity contribution in [3.05, 3.63) is 53.3 Å². The molecular formula is C20H26N5S+. The van der Waals surface area contributed by atoms with Gasteiger partial charge in [-0.25, -0.2) is 4.57 Å². The summed E-state index contributed by atoms with van der Waals surface area (Å²) in [4.78, 5) is 4.95. The highest BCUT2D eigenvalue weighted by molar-refractivity contribution is 7.13. The number of hydrogen-bond acceptors (Lipinski definition) is 4. The molecule has 0 amide bonds. The number of fused-ring (bicyclic) bond motifs is 1. The van der Waals surface area contributed by atoms with Crippen molar-refractivity contribution < 1.29 is 4.57 Å². The summed E-state index contributed by atoms with van der Waals surface area (Å²) in [6.07, 6.45) is 2.32. The highest BCUT2D eigenvalue weighted by Gasteiger charge is 2.48. The maximum atomic E-state index is 4.59. The standard InChI is InChI=1S/C20H26N5S/c1-14-13-18(23(6)21-14)20(3,4)25-15(2)24(19-22(5)11-12-26-19)16-9-7-8-10-17(16)25/h7-13,15H,1-6H3/q+1/t15-/m1/s1. The number of benzene rings is 1. The van der Waals surface area contributed by atoms with Crippen LogP contribution in [0.25, 0.3) is 0 Å². The van der Waals surface area contributed by atoms with Gasteiger partial charge in [-0.1, -0.05) is 23.5 Å². The zero-order valence-corrected chi connectivity index (χ0v) is 17.1. The van der Waals surface area contributed by atoms with Crippen LogP contribution in [0, 0.1) is 6.92 Å². The Hall–Kier alpha value is -2.34. The topological polar surface area (TPSA) is 28.2 Å². The van der Waals surface area contributed by atoms with Crippen molar-refractivity contribution in [2.75, 3.05) is 9.80 Å². The van der Waals surface area contributed by atoms with Gasteiger partial charge in [-0.15, -0.1) is 0 Å². The number of nitrogens with zero attached hydrogens (tertiary/aromatic N) is 5. The van der Waals surface area contributed by atoms with Crippen LogP contribution in [0.15, 0.2) is 41.9 Å². The number of rotatable bonds is 3. The first-order valence-electron chi connectivity index (χ1n) is 8.94. The molecule has 0 fully saturated rings. The molecule has 3 aromatic rings. The average Bonchev–Trinajstić information content (AvgIpc) is 3.22. The zero-order chi connectivity index (χ0) is 18.6. The lowest BCUT2D eigenvalue weighted by molar-refractivity contribution is -0.654. The molecule has 0 spiro atoms. The summed E-state index contributed by atoms with van der Waals surface area (Å²) >= 11 is 1.77. The molecule has 0 saturated carbocycles. The Morgan fingerprint density at radius 2 is 1.88 bits per heavy atom. The summed E-state index contributed by atoms with van der Waals surface area (Å²) in [5.41, 5.74) is 4.59. The normalized spacial score (nSPS) is 17.1. The van der Waals surface area contributed by atoms with E-state index in [9.17, 15) is 0 Å². The summed E-state index contributed by atoms with van der Waals surface area (Å²) < 4.78 is 4.21. The molecule has 0 N–H and O–H groups in total. The van der Waals surface area contributed by atoms with Crippen LogP contribution in [0.3, 0.4) is 0 Å². The van der Waals surface area contributed by atoms with Gasteiger partial charge in [0.05, 0.1) is 29.7 Å². The van der Waals surface area contributed by atoms with E-state index in [4.69, 9.17) is 0 Å². The van der Waals surface area contributed by atoms with Crippen molar-refractivity contribution in [3.8, 4) is 0 Å². The predicted molar refractivity (Wildman–Crippen MR) is 107 cm³/mol. The predicted octanol–water partition coefficient (Wildman–Crippen LogP) is 3.85. The number of thiazole rings is 1. The third-order valence-electron chi connectivity index (χ3n) is 5.34. The molecule has 6 heteroatoms. The van der Waals surface area contributed by atoms with E-state index in [0.29, 0.717) is 0 Å². The van der Waals surface area contributed by atoms with Gasteiger partial charge in [-0.05, 0) is 45.9 Å². The van der Waals surface area contributed by atoms with Crippen LogP contribution in [-0.4, -0.2) is 15.9 Å². The Bertz CT molecular complexity index is 955. The van der Waals surface area contributed by atoms with E-state index >= 15 is 0 Å². The first-order chi connectivity index (χ1) is 12.3. The fraction of sp³-hybridized carbons (Fsp3) is 0.400. The molecule has 136 valence electrons. The summed E-state index contributed by atoms with van der Waals surface area (Å²) in [5, 5.41) is 7.97. The molecule has 0 bridgehead atoms. The second kappa shape index (κ2) is 5.84. The van der Waals surface area contributed by atoms with Gasteiger partial charge in [0.15, 0.2) is 11.9 Å². The van der Waals surface area contributed by atoms with Crippen LogP contribution in [0.2, 0.25) is 0 Å². The molecule has 0 radical (unpaired) electrons. The smallest absolute Gasteiger partial charge is 0.319 e. The van der Waals surface area contributed by atoms with Crippen LogP contribution in [0.5, 0.6) is 0 Å². The van der Waals surface area contributed by atoms with E-state index in [0.717, 1.165) is 5.69 Å². The summed E-state index contributed by atoms with van der Waals surface area (Å²) in [7, 11) is 4.15. The Labute approximate surface area is 159 Å². The Morgan fingerprint density at radius 3 is 2.46 bits per heavy atom. The van der Waals surface area contributed by atoms with E-state index in [-0.39, 0.29) is 11.7 Å². The van der Waals surface area contributed by atoms with Crippen LogP contribution in [0.4, 0.5) is 16.5 Å². The molecule has 1 atom stereocenters. The lowest BCUT2D eigenvalue weighted by atomic mass is 9.96. The second-order valence-electron chi connectivity index (χ2n) is 7.51. The maximum Gasteiger partial charge on any atom is 0.342 e. The maximum absolute atomic E-state index is 4.59. The van der Waals surface area contributed by atoms with Crippen molar-refractivity contribution in [2.24, 2.45) is 14.1 Å². The van der Waals surface area contributed by atoms with Crippen molar-refractivity contribution in [1.82, 2.24) is 9.78 Å². The van der Waals surface area contributed by atoms with Gasteiger partial charge in [-0.3, -0.25) is 4.68 Å². The van der Waals surface area contributed by atoms with Gasteiger partial charge in [0.1, 0.15) is 6.20 Å². The average molecular weight is 369 g/mol. The van der Waals surface area contributed by atoms with Crippen molar-refractivity contribution in [2.45, 2.75) is 39.4 Å². The molecule has 0 aliphatic carbocycles. The molecule has 1 aliphatic heterocycles. The Kier molecular flexibility index (Phi) is 3.84. The summed E-state index contributed by atoms with van der Waals surface area (Å²) in [6, 6.07) is 10.9. The molecule has 1 aliphatic rings. The molecule has 26 heavy (non-hydrogen) atoms. The lowest BCUT2D eigenvalue weighted by Crippen LogP contribution is -2.51. The number of anilines is 3. The SMILES string of the molecule is Cc1cc(C(C)(C)N2c3ccccc3N(c3scc[n+]3C)[C@H]2C)n(C)n1. The van der Waals surface area contributed by atoms with Crippen LogP contribution in [0.1, 0.15) is 32.2 Å². The number of para-hydroxylation sites is 2. The van der Waals surface area contributed by atoms with E-state index in [1.165, 1.54) is 22.2 Å². The molecule has 0 saturated heterocycles. The molecule has 1 aromatic carbocycles. The molecule has 4 rings (SSSR count). The highest BCUT2D eigenvalue weighted by Crippen LogP contribution is 2.49. The third-order valence-corrected chi connectivity index (χ3v) is 6.30. The summed E-state index contributed by atoms with van der Waals surface area (Å²) in [5.74, 6) is 0. The zero-order valence-electron chi connectivity index (χ0n) is 16.3. The third kappa shape index (κ3) is 2.35. The molecular weight excluding hydrogens is 342 g/mol. The monoisotopic (exact) mass is 368 g/mol. The van der Waals surface area contributed by atoms with Gasteiger partial charge in [0, 0.05) is 12.4 Å². The number of aryl methyl sites for hydroxylation is 3. The molecule has 5 nitrogen and oxygen atoms in total. The van der Waals surface area contributed by atoms with Gasteiger partial charge in [0.2, 0.25) is 0 Å². The fourth-order valence-corrected chi connectivity index (χ4v) is 5.24. The number of aromatic nitrogens is 3. The van der Waals surface area contributed by atoms with Crippen molar-refractivity contribution in [1.29, 1.82) is 0 Å². The van der Waals surface area contributed by atoms with Gasteiger partial charge >= 0.3 is 5.13 Å². The van der Waals surface area contributed by atoms with Crippen LogP contribution >= 0.6 is 11.3 Å². The van der Waals surface area contributed by atoms with Crippen molar-refractivity contribution in [3.63, 3.8) is 0 Å². The summed E-state index contributed by atoms with van der Waals surface area (Å²) in [6.45, 7) is 8.91. The molecule has 0 unspecified atom stereocenters. The van der Waals surface area contributed by atoms with Gasteiger partial charge in [0.25, 0.3) is 0 Å². The minimum Gasteiger partial charge on any atom is -0.319 e. The molecule has 2 aromatic heterocycles. The fourth-order valence-electron chi connectivity index (χ4n) is 4.28. The van der Waals surface area contributed by atoms with E-state index in [1.807, 2.05) is 11.7 Å². The minimum absolute atomic E-state index is 0.197. The molecule has 3 heterocycles. The first kappa shape index (κ1) is 17.1. The number of hydrogen-bond donors (Lipinski definition) is 0. The van der Waals surface area contributed by atoms with Crippen LogP contribution < -0.4 is 14.4 Å². The van der Waals surface area contributed by atoms with Gasteiger partial charge < -0.3 is 4.90 Å². The Balaban J connectivity index is 1.87. The van der Waals surface area contributed by atoms with E-state index < -0.39 is 0 Å². The highest BCUT2D eigenvalue weighted by atomic mass is 32.1. The van der Waals surface area contributed by atoms with E-state index in [2.05, 4.69) is 96.1 Å². The first-order valence-corrected chi connectivity index (χ1v) is 9.82. The second-order valence-corrected chi connectivity index (χ2v) is 8.38. The van der Waals surface area contributed by atoms with E-state index in [1.54, 1.807) is 11.3 Å². The Morgan fingerprint density at radius 1 is 1.19 bits per heavy atom. The lowest BCUT2D eigenvalue weighted by Gasteiger charge is -2.39. The van der Waals surface area contributed by atoms with Gasteiger partial charge in [-0.2, -0.15) is 10.00 Å². The minimum atomic E-state index is -0.198. The van der Waals surface area contributed by atoms with Crippen LogP contribution in [-0.2, 0) is 19.6 Å². The van der Waals surface area contributed by atoms with Crippen molar-refractivity contribution >= 4 is 27.8 Å². The largest absolute Gasteiger partial charge is 0.342 e.